The van der Waals surface area contributed by atoms with Crippen LogP contribution in [0, 0.1) is 0 Å². The van der Waals surface area contributed by atoms with Gasteiger partial charge in [0.05, 0.1) is 16.8 Å². The fraction of sp³-hybridized carbons (Fsp3) is 0.400. The molecule has 0 saturated carbocycles. The predicted octanol–water partition coefficient (Wildman–Crippen LogP) is 2.76. The van der Waals surface area contributed by atoms with Gasteiger partial charge in [0.25, 0.3) is 11.8 Å². The molecule has 2 aromatic heterocycles. The Balaban J connectivity index is 1.97. The van der Waals surface area contributed by atoms with Gasteiger partial charge in [0.1, 0.15) is 10.7 Å². The van der Waals surface area contributed by atoms with Crippen LogP contribution in [0.25, 0.3) is 0 Å². The fourth-order valence-corrected chi connectivity index (χ4v) is 4.46. The minimum absolute atomic E-state index is 0.255. The van der Waals surface area contributed by atoms with Gasteiger partial charge in [0.2, 0.25) is 0 Å². The van der Waals surface area contributed by atoms with Gasteiger partial charge in [-0.1, -0.05) is 18.0 Å². The van der Waals surface area contributed by atoms with Crippen molar-refractivity contribution in [2.75, 3.05) is 5.32 Å². The number of aromatic nitrogens is 2. The summed E-state index contributed by atoms with van der Waals surface area (Å²) in [7, 11) is 1.64. The summed E-state index contributed by atoms with van der Waals surface area (Å²) in [4.78, 5) is 25.5. The highest BCUT2D eigenvalue weighted by atomic mass is 35.5. The maximum absolute atomic E-state index is 12.5. The first kappa shape index (κ1) is 16.0. The summed E-state index contributed by atoms with van der Waals surface area (Å²) in [6, 6.07) is 0. The monoisotopic (exact) mass is 352 g/mol. The number of fused-ring (bicyclic) bond motifs is 1. The van der Waals surface area contributed by atoms with Crippen molar-refractivity contribution in [1.82, 2.24) is 9.78 Å². The van der Waals surface area contributed by atoms with Crippen molar-refractivity contribution in [3.8, 4) is 0 Å². The van der Waals surface area contributed by atoms with Crippen LogP contribution in [0.5, 0.6) is 0 Å². The number of rotatable bonds is 3. The lowest BCUT2D eigenvalue weighted by Gasteiger charge is -2.07. The van der Waals surface area contributed by atoms with Gasteiger partial charge in [-0.15, -0.1) is 11.3 Å². The van der Waals surface area contributed by atoms with Crippen molar-refractivity contribution >= 4 is 39.8 Å². The molecule has 0 unspecified atom stereocenters. The van der Waals surface area contributed by atoms with Crippen LogP contribution in [0.3, 0.4) is 0 Å². The van der Waals surface area contributed by atoms with Gasteiger partial charge in [0, 0.05) is 11.9 Å². The van der Waals surface area contributed by atoms with E-state index in [0.717, 1.165) is 42.5 Å². The van der Waals surface area contributed by atoms with Crippen LogP contribution < -0.4 is 11.1 Å². The van der Waals surface area contributed by atoms with E-state index in [1.54, 1.807) is 7.05 Å². The van der Waals surface area contributed by atoms with E-state index in [4.69, 9.17) is 17.3 Å². The zero-order valence-electron chi connectivity index (χ0n) is 12.7. The Kier molecular flexibility index (Phi) is 4.41. The van der Waals surface area contributed by atoms with E-state index in [-0.39, 0.29) is 10.7 Å². The van der Waals surface area contributed by atoms with Gasteiger partial charge in [-0.25, -0.2) is 0 Å². The third-order valence-electron chi connectivity index (χ3n) is 4.00. The van der Waals surface area contributed by atoms with Crippen molar-refractivity contribution < 1.29 is 9.59 Å². The Morgan fingerprint density at radius 1 is 1.35 bits per heavy atom. The third kappa shape index (κ3) is 2.98. The number of nitrogens with two attached hydrogens (primary N) is 1. The lowest BCUT2D eigenvalue weighted by Crippen LogP contribution is -2.20. The van der Waals surface area contributed by atoms with E-state index in [1.807, 2.05) is 0 Å². The molecular formula is C15H17ClN4O2S. The molecule has 2 aromatic rings. The normalized spacial score (nSPS) is 14.2. The molecule has 0 bridgehead atoms. The molecular weight excluding hydrogens is 336 g/mol. The Bertz CT molecular complexity index is 761. The second kappa shape index (κ2) is 6.33. The van der Waals surface area contributed by atoms with E-state index >= 15 is 0 Å². The first-order valence-electron chi connectivity index (χ1n) is 7.42. The minimum atomic E-state index is -0.504. The quantitative estimate of drug-likeness (QED) is 0.832. The molecule has 3 N–H and O–H groups in total. The summed E-state index contributed by atoms with van der Waals surface area (Å²) in [6.07, 6.45) is 6.42. The number of nitrogens with zero attached hydrogens (tertiary/aromatic N) is 2. The highest BCUT2D eigenvalue weighted by Crippen LogP contribution is 2.37. The number of hydrogen-bond donors (Lipinski definition) is 2. The number of carbonyl (C=O) groups excluding carboxylic acids is 2. The van der Waals surface area contributed by atoms with Crippen LogP contribution >= 0.6 is 22.9 Å². The summed E-state index contributed by atoms with van der Waals surface area (Å²) in [5.41, 5.74) is 7.25. The molecule has 0 radical (unpaired) electrons. The van der Waals surface area contributed by atoms with E-state index in [0.29, 0.717) is 10.6 Å². The fourth-order valence-electron chi connectivity index (χ4n) is 2.92. The molecule has 3 rings (SSSR count). The maximum Gasteiger partial charge on any atom is 0.276 e. The average molecular weight is 353 g/mol. The standard InChI is InChI=1S/C15H17ClN4O2S/c1-20-12(9(16)7-18-20)14(22)19-15-11(13(17)21)8-5-3-2-4-6-10(8)23-15/h7H,2-6H2,1H3,(H2,17,21)(H,19,22). The van der Waals surface area contributed by atoms with Crippen molar-refractivity contribution in [2.45, 2.75) is 32.1 Å². The Morgan fingerprint density at radius 2 is 2.09 bits per heavy atom. The maximum atomic E-state index is 12.5. The zero-order chi connectivity index (χ0) is 16.6. The molecule has 0 aromatic carbocycles. The Hall–Kier alpha value is -1.86. The lowest BCUT2D eigenvalue weighted by atomic mass is 10.1. The van der Waals surface area contributed by atoms with Crippen LogP contribution in [-0.4, -0.2) is 21.6 Å². The van der Waals surface area contributed by atoms with Crippen LogP contribution in [0.2, 0.25) is 5.02 Å². The molecule has 1 aliphatic carbocycles. The number of hydrogen-bond acceptors (Lipinski definition) is 4. The van der Waals surface area contributed by atoms with Gasteiger partial charge in [-0.3, -0.25) is 14.3 Å². The van der Waals surface area contributed by atoms with Crippen LogP contribution in [0.15, 0.2) is 6.20 Å². The first-order chi connectivity index (χ1) is 11.0. The number of amides is 2. The minimum Gasteiger partial charge on any atom is -0.365 e. The number of anilines is 1. The second-order valence-electron chi connectivity index (χ2n) is 5.55. The number of carbonyl (C=O) groups is 2. The topological polar surface area (TPSA) is 90.0 Å². The molecule has 0 aliphatic heterocycles. The second-order valence-corrected chi connectivity index (χ2v) is 7.06. The van der Waals surface area contributed by atoms with Crippen LogP contribution in [-0.2, 0) is 19.9 Å². The van der Waals surface area contributed by atoms with E-state index in [9.17, 15) is 9.59 Å². The van der Waals surface area contributed by atoms with E-state index in [1.165, 1.54) is 22.2 Å². The van der Waals surface area contributed by atoms with E-state index < -0.39 is 11.8 Å². The number of nitrogens with one attached hydrogen (secondary N) is 1. The lowest BCUT2D eigenvalue weighted by molar-refractivity contribution is 0.100. The SMILES string of the molecule is Cn1ncc(Cl)c1C(=O)Nc1sc2c(c1C(N)=O)CCCCC2. The molecule has 23 heavy (non-hydrogen) atoms. The number of thiophene rings is 1. The largest absolute Gasteiger partial charge is 0.365 e. The van der Waals surface area contributed by atoms with E-state index in [2.05, 4.69) is 10.4 Å². The zero-order valence-corrected chi connectivity index (χ0v) is 14.3. The van der Waals surface area contributed by atoms with Crippen LogP contribution in [0.4, 0.5) is 5.00 Å². The summed E-state index contributed by atoms with van der Waals surface area (Å²) >= 11 is 7.43. The molecule has 2 heterocycles. The van der Waals surface area contributed by atoms with Gasteiger partial charge in [-0.05, 0) is 31.2 Å². The highest BCUT2D eigenvalue weighted by molar-refractivity contribution is 7.17. The number of primary amides is 1. The smallest absolute Gasteiger partial charge is 0.276 e. The highest BCUT2D eigenvalue weighted by Gasteiger charge is 2.25. The van der Waals surface area contributed by atoms with Crippen molar-refractivity contribution in [3.63, 3.8) is 0 Å². The molecule has 1 aliphatic rings. The summed E-state index contributed by atoms with van der Waals surface area (Å²) in [6.45, 7) is 0. The Labute approximate surface area is 142 Å². The summed E-state index contributed by atoms with van der Waals surface area (Å²) in [5, 5.41) is 7.51. The summed E-state index contributed by atoms with van der Waals surface area (Å²) in [5.74, 6) is -0.898. The predicted molar refractivity (Wildman–Crippen MR) is 90.3 cm³/mol. The molecule has 6 nitrogen and oxygen atoms in total. The van der Waals surface area contributed by atoms with Gasteiger partial charge >= 0.3 is 0 Å². The van der Waals surface area contributed by atoms with Crippen LogP contribution in [0.1, 0.15) is 50.5 Å². The molecule has 122 valence electrons. The molecule has 0 atom stereocenters. The van der Waals surface area contributed by atoms with Crippen molar-refractivity contribution in [3.05, 3.63) is 32.9 Å². The number of aryl methyl sites for hydroxylation is 2. The molecule has 0 spiro atoms. The van der Waals surface area contributed by atoms with Gasteiger partial charge < -0.3 is 11.1 Å². The first-order valence-corrected chi connectivity index (χ1v) is 8.61. The van der Waals surface area contributed by atoms with Gasteiger partial charge in [-0.2, -0.15) is 5.10 Å². The average Bonchev–Trinajstić information content (AvgIpc) is 2.90. The Morgan fingerprint density at radius 3 is 2.74 bits per heavy atom. The number of halogens is 1. The van der Waals surface area contributed by atoms with Gasteiger partial charge in [0.15, 0.2) is 0 Å². The van der Waals surface area contributed by atoms with Crippen molar-refractivity contribution in [1.29, 1.82) is 0 Å². The molecule has 0 fully saturated rings. The molecule has 8 heteroatoms. The van der Waals surface area contributed by atoms with Crippen molar-refractivity contribution in [2.24, 2.45) is 12.8 Å². The third-order valence-corrected chi connectivity index (χ3v) is 5.49. The molecule has 2 amide bonds. The molecule has 0 saturated heterocycles. The summed E-state index contributed by atoms with van der Waals surface area (Å²) < 4.78 is 1.40.